The number of hydrogen-bond acceptors (Lipinski definition) is 4. The minimum atomic E-state index is -0.0161. The Morgan fingerprint density at radius 2 is 1.73 bits per heavy atom. The van der Waals surface area contributed by atoms with Crippen LogP contribution in [0.1, 0.15) is 19.4 Å². The second kappa shape index (κ2) is 11.6. The Labute approximate surface area is 146 Å². The van der Waals surface area contributed by atoms with Crippen molar-refractivity contribution in [2.75, 3.05) is 33.4 Å². The molecule has 0 atom stereocenters. The van der Waals surface area contributed by atoms with E-state index in [0.29, 0.717) is 37.7 Å². The normalized spacial score (nSPS) is 9.82. The van der Waals surface area contributed by atoms with E-state index in [1.54, 1.807) is 0 Å². The number of amides is 1. The molecule has 1 amide bonds. The van der Waals surface area contributed by atoms with Gasteiger partial charge in [0.25, 0.3) is 0 Å². The maximum Gasteiger partial charge on any atom is 0.224 e. The van der Waals surface area contributed by atoms with E-state index in [1.807, 2.05) is 33.0 Å². The predicted octanol–water partition coefficient (Wildman–Crippen LogP) is 2.55. The predicted molar refractivity (Wildman–Crippen MR) is 94.4 cm³/mol. The van der Waals surface area contributed by atoms with Crippen LogP contribution >= 0.6 is 28.3 Å². The van der Waals surface area contributed by atoms with Gasteiger partial charge in [0.05, 0.1) is 19.6 Å². The summed E-state index contributed by atoms with van der Waals surface area (Å²) in [4.78, 5) is 11.9. The molecule has 0 unspecified atom stereocenters. The van der Waals surface area contributed by atoms with Gasteiger partial charge in [0.2, 0.25) is 5.91 Å². The summed E-state index contributed by atoms with van der Waals surface area (Å²) in [6, 6.07) is 3.71. The molecule has 7 heteroatoms. The lowest BCUT2D eigenvalue weighted by Crippen LogP contribution is -2.31. The van der Waals surface area contributed by atoms with Crippen LogP contribution < -0.4 is 20.1 Å². The van der Waals surface area contributed by atoms with Gasteiger partial charge in [-0.1, -0.05) is 15.9 Å². The molecule has 0 aliphatic carbocycles. The lowest BCUT2D eigenvalue weighted by Gasteiger charge is -2.14. The van der Waals surface area contributed by atoms with Crippen molar-refractivity contribution >= 4 is 34.2 Å². The molecule has 0 heterocycles. The van der Waals surface area contributed by atoms with Crippen molar-refractivity contribution in [3.63, 3.8) is 0 Å². The van der Waals surface area contributed by atoms with Crippen LogP contribution in [0.5, 0.6) is 11.5 Å². The maximum absolute atomic E-state index is 11.9. The summed E-state index contributed by atoms with van der Waals surface area (Å²) in [7, 11) is 1.85. The summed E-state index contributed by atoms with van der Waals surface area (Å²) in [5.41, 5.74) is 0.879. The molecule has 0 saturated heterocycles. The van der Waals surface area contributed by atoms with Crippen LogP contribution in [-0.2, 0) is 11.2 Å². The molecule has 1 aromatic carbocycles. The Bertz CT molecular complexity index is 472. The minimum absolute atomic E-state index is 0. The molecule has 0 aliphatic heterocycles. The largest absolute Gasteiger partial charge is 0.490 e. The standard InChI is InChI=1S/C15H23BrN2O3.ClH/c1-4-20-13-8-11(9-15(19)18-7-6-17-3)12(16)10-14(13)21-5-2;/h8,10,17H,4-7,9H2,1-3H3,(H,18,19);1H. The van der Waals surface area contributed by atoms with E-state index in [9.17, 15) is 4.79 Å². The fourth-order valence-electron chi connectivity index (χ4n) is 1.81. The zero-order valence-electron chi connectivity index (χ0n) is 13.2. The van der Waals surface area contributed by atoms with Crippen LogP contribution in [0.3, 0.4) is 0 Å². The van der Waals surface area contributed by atoms with Gasteiger partial charge in [0.1, 0.15) is 0 Å². The molecule has 2 N–H and O–H groups in total. The quantitative estimate of drug-likeness (QED) is 0.631. The van der Waals surface area contributed by atoms with Gasteiger partial charge in [0.15, 0.2) is 11.5 Å². The number of benzene rings is 1. The summed E-state index contributed by atoms with van der Waals surface area (Å²) < 4.78 is 12.0. The van der Waals surface area contributed by atoms with Gasteiger partial charge >= 0.3 is 0 Å². The van der Waals surface area contributed by atoms with Crippen LogP contribution in [0.4, 0.5) is 0 Å². The smallest absolute Gasteiger partial charge is 0.224 e. The van der Waals surface area contributed by atoms with Gasteiger partial charge in [-0.2, -0.15) is 0 Å². The molecule has 1 rings (SSSR count). The molecule has 0 bridgehead atoms. The molecule has 0 saturated carbocycles. The number of likely N-dealkylation sites (N-methyl/N-ethyl adjacent to an activating group) is 1. The van der Waals surface area contributed by atoms with E-state index in [1.165, 1.54) is 0 Å². The molecule has 5 nitrogen and oxygen atoms in total. The first-order chi connectivity index (χ1) is 10.1. The summed E-state index contributed by atoms with van der Waals surface area (Å²) >= 11 is 3.48. The highest BCUT2D eigenvalue weighted by atomic mass is 79.9. The Morgan fingerprint density at radius 3 is 2.27 bits per heavy atom. The molecule has 0 aromatic heterocycles. The van der Waals surface area contributed by atoms with Crippen LogP contribution in [0.15, 0.2) is 16.6 Å². The molecule has 126 valence electrons. The number of halogens is 2. The van der Waals surface area contributed by atoms with E-state index in [-0.39, 0.29) is 18.3 Å². The first-order valence-electron chi connectivity index (χ1n) is 7.11. The summed E-state index contributed by atoms with van der Waals surface area (Å²) in [5.74, 6) is 1.34. The summed E-state index contributed by atoms with van der Waals surface area (Å²) in [6.07, 6.45) is 0.302. The molecule has 0 spiro atoms. The van der Waals surface area contributed by atoms with Crippen molar-refractivity contribution in [3.05, 3.63) is 22.2 Å². The van der Waals surface area contributed by atoms with Crippen molar-refractivity contribution in [1.82, 2.24) is 10.6 Å². The van der Waals surface area contributed by atoms with Gasteiger partial charge in [0, 0.05) is 17.6 Å². The average Bonchev–Trinajstić information content (AvgIpc) is 2.44. The zero-order valence-corrected chi connectivity index (χ0v) is 15.6. The lowest BCUT2D eigenvalue weighted by molar-refractivity contribution is -0.120. The molecule has 0 fully saturated rings. The van der Waals surface area contributed by atoms with Crippen LogP contribution in [0.2, 0.25) is 0 Å². The topological polar surface area (TPSA) is 59.6 Å². The molecule has 1 aromatic rings. The maximum atomic E-state index is 11.9. The average molecular weight is 396 g/mol. The summed E-state index contributed by atoms with van der Waals surface area (Å²) in [5, 5.41) is 5.84. The molecule has 0 aliphatic rings. The fourth-order valence-corrected chi connectivity index (χ4v) is 2.27. The number of hydrogen-bond donors (Lipinski definition) is 2. The second-order valence-corrected chi connectivity index (χ2v) is 5.24. The van der Waals surface area contributed by atoms with E-state index >= 15 is 0 Å². The van der Waals surface area contributed by atoms with Crippen molar-refractivity contribution in [3.8, 4) is 11.5 Å². The van der Waals surface area contributed by atoms with E-state index in [4.69, 9.17) is 9.47 Å². The molecule has 22 heavy (non-hydrogen) atoms. The highest BCUT2D eigenvalue weighted by Crippen LogP contribution is 2.34. The molecular weight excluding hydrogens is 372 g/mol. The SMILES string of the molecule is CCOc1cc(Br)c(CC(=O)NCCNC)cc1OCC.Cl. The second-order valence-electron chi connectivity index (χ2n) is 4.39. The van der Waals surface area contributed by atoms with E-state index in [2.05, 4.69) is 26.6 Å². The third kappa shape index (κ3) is 6.85. The van der Waals surface area contributed by atoms with Gasteiger partial charge in [-0.25, -0.2) is 0 Å². The van der Waals surface area contributed by atoms with Crippen molar-refractivity contribution in [2.45, 2.75) is 20.3 Å². The molecular formula is C15H24BrClN2O3. The van der Waals surface area contributed by atoms with Gasteiger partial charge in [-0.3, -0.25) is 4.79 Å². The highest BCUT2D eigenvalue weighted by Gasteiger charge is 2.13. The Hall–Kier alpha value is -0.980. The summed E-state index contributed by atoms with van der Waals surface area (Å²) in [6.45, 7) is 6.32. The van der Waals surface area contributed by atoms with Crippen molar-refractivity contribution in [2.24, 2.45) is 0 Å². The van der Waals surface area contributed by atoms with Gasteiger partial charge < -0.3 is 20.1 Å². The lowest BCUT2D eigenvalue weighted by atomic mass is 10.1. The third-order valence-corrected chi connectivity index (χ3v) is 3.50. The van der Waals surface area contributed by atoms with Crippen molar-refractivity contribution in [1.29, 1.82) is 0 Å². The van der Waals surface area contributed by atoms with Gasteiger partial charge in [-0.15, -0.1) is 12.4 Å². The Morgan fingerprint density at radius 1 is 1.14 bits per heavy atom. The number of nitrogens with one attached hydrogen (secondary N) is 2. The van der Waals surface area contributed by atoms with Crippen LogP contribution in [-0.4, -0.2) is 39.3 Å². The van der Waals surface area contributed by atoms with Gasteiger partial charge in [-0.05, 0) is 38.6 Å². The number of carbonyl (C=O) groups excluding carboxylic acids is 1. The fraction of sp³-hybridized carbons (Fsp3) is 0.533. The highest BCUT2D eigenvalue weighted by molar-refractivity contribution is 9.10. The first-order valence-corrected chi connectivity index (χ1v) is 7.90. The zero-order chi connectivity index (χ0) is 15.7. The number of ether oxygens (including phenoxy) is 2. The Kier molecular flexibility index (Phi) is 11.1. The van der Waals surface area contributed by atoms with Crippen LogP contribution in [0.25, 0.3) is 0 Å². The monoisotopic (exact) mass is 394 g/mol. The first kappa shape index (κ1) is 21.0. The Balaban J connectivity index is 0.00000441. The van der Waals surface area contributed by atoms with E-state index < -0.39 is 0 Å². The molecule has 0 radical (unpaired) electrons. The van der Waals surface area contributed by atoms with E-state index in [0.717, 1.165) is 16.6 Å². The third-order valence-electron chi connectivity index (χ3n) is 2.76. The minimum Gasteiger partial charge on any atom is -0.490 e. The van der Waals surface area contributed by atoms with Crippen molar-refractivity contribution < 1.29 is 14.3 Å². The number of carbonyl (C=O) groups is 1. The van der Waals surface area contributed by atoms with Crippen LogP contribution in [0, 0.1) is 0 Å². The number of rotatable bonds is 9.